The predicted molar refractivity (Wildman–Crippen MR) is 266 cm³/mol. The van der Waals surface area contributed by atoms with Crippen molar-refractivity contribution in [3.05, 3.63) is 134 Å². The Morgan fingerprint density at radius 1 is 0.576 bits per heavy atom. The molecule has 0 bridgehead atoms. The third kappa shape index (κ3) is 35.4. The summed E-state index contributed by atoms with van der Waals surface area (Å²) in [6, 6.07) is 0. The normalized spacial score (nSPS) is 20.7. The van der Waals surface area contributed by atoms with E-state index in [1.165, 1.54) is 0 Å². The van der Waals surface area contributed by atoms with Gasteiger partial charge in [0.25, 0.3) is 0 Å². The Morgan fingerprint density at radius 2 is 0.985 bits per heavy atom. The molecule has 0 amide bonds. The summed E-state index contributed by atoms with van der Waals surface area (Å²) in [4.78, 5) is 12.9. The summed E-state index contributed by atoms with van der Waals surface area (Å²) in [5.41, 5.74) is 0. The molecule has 0 spiro atoms. The van der Waals surface area contributed by atoms with Gasteiger partial charge < -0.3 is 34.3 Å². The minimum Gasteiger partial charge on any atom is -0.457 e. The van der Waals surface area contributed by atoms with Gasteiger partial charge in [-0.3, -0.25) is 9.35 Å². The molecule has 4 N–H and O–H groups in total. The maximum atomic E-state index is 12.9. The van der Waals surface area contributed by atoms with Crippen LogP contribution in [-0.4, -0.2) is 97.5 Å². The van der Waals surface area contributed by atoms with E-state index in [1.54, 1.807) is 0 Å². The first-order valence-electron chi connectivity index (χ1n) is 23.9. The van der Waals surface area contributed by atoms with Crippen molar-refractivity contribution in [1.29, 1.82) is 0 Å². The van der Waals surface area contributed by atoms with Crippen molar-refractivity contribution in [3.8, 4) is 0 Å². The molecule has 0 aromatic carbocycles. The van der Waals surface area contributed by atoms with Crippen molar-refractivity contribution < 1.29 is 56.2 Å². The minimum atomic E-state index is -5.09. The van der Waals surface area contributed by atoms with Crippen LogP contribution in [0.4, 0.5) is 0 Å². The van der Waals surface area contributed by atoms with Gasteiger partial charge in [-0.25, -0.2) is 4.18 Å². The Kier molecular flexibility index (Phi) is 38.9. The van der Waals surface area contributed by atoms with Crippen molar-refractivity contribution in [1.82, 2.24) is 0 Å². The molecule has 1 aliphatic heterocycles. The highest BCUT2D eigenvalue weighted by Gasteiger charge is 2.48. The molecule has 6 atom stereocenters. The summed E-state index contributed by atoms with van der Waals surface area (Å²) >= 11 is 0. The molecular formula is C53H82O12S. The van der Waals surface area contributed by atoms with Crippen LogP contribution in [0.2, 0.25) is 0 Å². The van der Waals surface area contributed by atoms with E-state index in [4.69, 9.17) is 18.9 Å². The lowest BCUT2D eigenvalue weighted by atomic mass is 9.99. The van der Waals surface area contributed by atoms with E-state index < -0.39 is 59.8 Å². The second-order valence-corrected chi connectivity index (χ2v) is 16.6. The number of rotatable bonds is 39. The highest BCUT2D eigenvalue weighted by Crippen LogP contribution is 2.26. The van der Waals surface area contributed by atoms with E-state index in [1.807, 2.05) is 0 Å². The lowest BCUT2D eigenvalue weighted by Gasteiger charge is -2.41. The lowest BCUT2D eigenvalue weighted by Crippen LogP contribution is -2.60. The highest BCUT2D eigenvalue weighted by molar-refractivity contribution is 7.80. The zero-order chi connectivity index (χ0) is 48.2. The van der Waals surface area contributed by atoms with E-state index in [0.717, 1.165) is 103 Å². The number of aliphatic hydroxyl groups is 3. The van der Waals surface area contributed by atoms with Crippen LogP contribution in [0.1, 0.15) is 129 Å². The fourth-order valence-corrected chi connectivity index (χ4v) is 6.74. The van der Waals surface area contributed by atoms with Gasteiger partial charge in [0.15, 0.2) is 6.29 Å². The number of carbonyl (C=O) groups is 1. The quantitative estimate of drug-likeness (QED) is 0.0199. The molecule has 1 rings (SSSR count). The molecule has 0 aliphatic carbocycles. The Morgan fingerprint density at radius 3 is 1.39 bits per heavy atom. The van der Waals surface area contributed by atoms with Crippen LogP contribution in [0.3, 0.4) is 0 Å². The molecule has 1 heterocycles. The second-order valence-electron chi connectivity index (χ2n) is 15.6. The first-order valence-corrected chi connectivity index (χ1v) is 25.3. The van der Waals surface area contributed by atoms with Crippen LogP contribution in [0.25, 0.3) is 0 Å². The molecule has 0 saturated carbocycles. The SMILES string of the molecule is CC/C=C\C/C=C\C/C=C\C/C=C\C/C=C\C/C=C\CCCCC(=O)OC(COCCCC/C=C\C/C=C\C/C=C\C/C=C\C/C=C\CC)COC1OC(CO)C(O)C(OS(=O)(=O)O)C1O. The van der Waals surface area contributed by atoms with Gasteiger partial charge in [-0.1, -0.05) is 148 Å². The lowest BCUT2D eigenvalue weighted by molar-refractivity contribution is -0.301. The molecule has 0 radical (unpaired) electrons. The highest BCUT2D eigenvalue weighted by atomic mass is 32.3. The fraction of sp³-hybridized carbons (Fsp3) is 0.566. The van der Waals surface area contributed by atoms with Crippen LogP contribution in [0, 0.1) is 0 Å². The number of carbonyl (C=O) groups excluding carboxylic acids is 1. The van der Waals surface area contributed by atoms with Gasteiger partial charge in [-0.05, 0) is 109 Å². The Labute approximate surface area is 397 Å². The van der Waals surface area contributed by atoms with Crippen LogP contribution < -0.4 is 0 Å². The Bertz CT molecular complexity index is 1650. The van der Waals surface area contributed by atoms with Gasteiger partial charge in [0.2, 0.25) is 0 Å². The zero-order valence-corrected chi connectivity index (χ0v) is 40.5. The summed E-state index contributed by atoms with van der Waals surface area (Å²) < 4.78 is 59.0. The maximum absolute atomic E-state index is 12.9. The summed E-state index contributed by atoms with van der Waals surface area (Å²) in [7, 11) is -5.09. The molecule has 1 aliphatic rings. The summed E-state index contributed by atoms with van der Waals surface area (Å²) in [6.07, 6.45) is 53.4. The van der Waals surface area contributed by atoms with Gasteiger partial charge >= 0.3 is 16.4 Å². The van der Waals surface area contributed by atoms with Gasteiger partial charge in [0.1, 0.15) is 30.5 Å². The third-order valence-electron chi connectivity index (χ3n) is 9.77. The number of hydrogen-bond donors (Lipinski definition) is 4. The largest absolute Gasteiger partial charge is 0.457 e. The van der Waals surface area contributed by atoms with E-state index in [0.29, 0.717) is 13.0 Å². The number of esters is 1. The van der Waals surface area contributed by atoms with E-state index >= 15 is 0 Å². The number of aliphatic hydroxyl groups excluding tert-OH is 3. The average molecular weight is 943 g/mol. The van der Waals surface area contributed by atoms with Crippen molar-refractivity contribution in [2.24, 2.45) is 0 Å². The molecule has 13 heteroatoms. The van der Waals surface area contributed by atoms with Gasteiger partial charge in [-0.2, -0.15) is 8.42 Å². The molecule has 6 unspecified atom stereocenters. The van der Waals surface area contributed by atoms with Crippen LogP contribution in [-0.2, 0) is 38.3 Å². The standard InChI is InChI=1S/C53H82O12S/c1-3-5-7-9-11-13-15-17-19-21-23-24-25-26-28-30-32-34-36-38-40-42-49(55)63-47(46-62-53-51(57)52(65-66(58,59)60)50(56)48(44-54)64-53)45-61-43-41-39-37-35-33-31-29-27-22-20-18-16-14-12-10-8-6-4-2/h5-8,11-14,17-20,23-24,26-29,32-35,47-48,50-54,56-57H,3-4,9-10,15-16,21-22,25,30-31,36-46H2,1-2H3,(H,58,59,60)/b7-5-,8-6-,13-11-,14-12-,19-17-,20-18-,24-23-,28-26-,29-27-,34-32-,35-33-. The molecule has 0 aromatic heterocycles. The molecular weight excluding hydrogens is 861 g/mol. The van der Waals surface area contributed by atoms with Crippen LogP contribution in [0.5, 0.6) is 0 Å². The number of ether oxygens (including phenoxy) is 4. The number of allylic oxidation sites excluding steroid dienone is 22. The predicted octanol–water partition coefficient (Wildman–Crippen LogP) is 10.7. The van der Waals surface area contributed by atoms with E-state index in [9.17, 15) is 33.1 Å². The summed E-state index contributed by atoms with van der Waals surface area (Å²) in [6.45, 7) is 3.56. The van der Waals surface area contributed by atoms with Crippen molar-refractivity contribution in [3.63, 3.8) is 0 Å². The van der Waals surface area contributed by atoms with Crippen LogP contribution in [0.15, 0.2) is 134 Å². The molecule has 372 valence electrons. The topological polar surface area (TPSA) is 178 Å². The monoisotopic (exact) mass is 943 g/mol. The van der Waals surface area contributed by atoms with Gasteiger partial charge in [-0.15, -0.1) is 0 Å². The first kappa shape index (κ1) is 60.3. The average Bonchev–Trinajstić information content (AvgIpc) is 3.29. The zero-order valence-electron chi connectivity index (χ0n) is 39.7. The van der Waals surface area contributed by atoms with E-state index in [2.05, 4.69) is 152 Å². The van der Waals surface area contributed by atoms with Gasteiger partial charge in [0.05, 0.1) is 19.8 Å². The maximum Gasteiger partial charge on any atom is 0.397 e. The molecule has 12 nitrogen and oxygen atoms in total. The third-order valence-corrected chi connectivity index (χ3v) is 10.2. The van der Waals surface area contributed by atoms with Crippen LogP contribution >= 0.6 is 0 Å². The van der Waals surface area contributed by atoms with E-state index in [-0.39, 0.29) is 19.6 Å². The van der Waals surface area contributed by atoms with Gasteiger partial charge in [0, 0.05) is 13.0 Å². The summed E-state index contributed by atoms with van der Waals surface area (Å²) in [5.74, 6) is -0.463. The summed E-state index contributed by atoms with van der Waals surface area (Å²) in [5, 5.41) is 30.7. The first-order chi connectivity index (χ1) is 32.1. The minimum absolute atomic E-state index is 0.0221. The molecule has 1 saturated heterocycles. The smallest absolute Gasteiger partial charge is 0.397 e. The second kappa shape index (κ2) is 42.6. The molecule has 66 heavy (non-hydrogen) atoms. The molecule has 0 aromatic rings. The number of hydrogen-bond acceptors (Lipinski definition) is 11. The van der Waals surface area contributed by atoms with Crippen molar-refractivity contribution >= 4 is 16.4 Å². The Balaban J connectivity index is 2.49. The molecule has 1 fully saturated rings. The number of unbranched alkanes of at least 4 members (excludes halogenated alkanes) is 4. The van der Waals surface area contributed by atoms with Crippen molar-refractivity contribution in [2.45, 2.75) is 166 Å². The van der Waals surface area contributed by atoms with Crippen molar-refractivity contribution in [2.75, 3.05) is 26.4 Å². The fourth-order valence-electron chi connectivity index (χ4n) is 6.23. The Hall–Kier alpha value is -3.76.